The monoisotopic (exact) mass is 875 g/mol. The molecule has 0 bridgehead atoms. The van der Waals surface area contributed by atoms with Gasteiger partial charge in [-0.2, -0.15) is 0 Å². The van der Waals surface area contributed by atoms with Crippen LogP contribution >= 0.6 is 11.3 Å². The van der Waals surface area contributed by atoms with Crippen LogP contribution in [0.2, 0.25) is 0 Å². The van der Waals surface area contributed by atoms with Crippen LogP contribution in [0.15, 0.2) is 138 Å². The molecule has 3 aromatic heterocycles. The van der Waals surface area contributed by atoms with Gasteiger partial charge in [0.25, 0.3) is 6.71 Å². The number of hydrogen-bond donors (Lipinski definition) is 0. The van der Waals surface area contributed by atoms with E-state index < -0.39 is 0 Å². The molecule has 7 aromatic carbocycles. The van der Waals surface area contributed by atoms with Crippen LogP contribution in [0.3, 0.4) is 0 Å². The van der Waals surface area contributed by atoms with Crippen molar-refractivity contribution in [2.45, 2.75) is 103 Å². The predicted molar refractivity (Wildman–Crippen MR) is 283 cm³/mol. The summed E-state index contributed by atoms with van der Waals surface area (Å²) in [5.74, 6) is 0. The molecule has 1 fully saturated rings. The number of furan rings is 1. The van der Waals surface area contributed by atoms with E-state index in [0.717, 1.165) is 28.5 Å². The Balaban J connectivity index is 1.11. The Bertz CT molecular complexity index is 3760. The number of fused-ring (bicyclic) bond motifs is 15. The van der Waals surface area contributed by atoms with Gasteiger partial charge in [0.05, 0.1) is 21.4 Å². The van der Waals surface area contributed by atoms with Crippen molar-refractivity contribution < 1.29 is 4.42 Å². The summed E-state index contributed by atoms with van der Waals surface area (Å²) in [5, 5.41) is 4.96. The summed E-state index contributed by atoms with van der Waals surface area (Å²) < 4.78 is 12.1. The molecule has 3 aliphatic heterocycles. The zero-order chi connectivity index (χ0) is 44.8. The summed E-state index contributed by atoms with van der Waals surface area (Å²) in [7, 11) is 0. The van der Waals surface area contributed by atoms with Crippen LogP contribution in [-0.4, -0.2) is 16.8 Å². The zero-order valence-corrected chi connectivity index (χ0v) is 40.1. The van der Waals surface area contributed by atoms with Gasteiger partial charge < -0.3 is 18.8 Å². The summed E-state index contributed by atoms with van der Waals surface area (Å²) in [6, 6.07) is 51.6. The first kappa shape index (κ1) is 39.0. The molecule has 6 heteroatoms. The molecule has 4 nitrogen and oxygen atoms in total. The SMILES string of the molecule is CC(C)(C)c1cc2c3c(c1)-n1c4c(cccc4c4oc5ccccc5c41)B3c1ccc(N3c4ccc(C(C)(C)C)cc4C4(C)CCCCC34C)cc1N2c1cccc2c1sc1ccccc12. The fourth-order valence-corrected chi connectivity index (χ4v) is 14.4. The second-order valence-electron chi connectivity index (χ2n) is 22.4. The fourth-order valence-electron chi connectivity index (χ4n) is 13.2. The maximum Gasteiger partial charge on any atom is 0.252 e. The first-order valence-electron chi connectivity index (χ1n) is 24.2. The van der Waals surface area contributed by atoms with E-state index in [4.69, 9.17) is 4.42 Å². The van der Waals surface area contributed by atoms with Crippen molar-refractivity contribution in [1.82, 2.24) is 4.57 Å². The Morgan fingerprint density at radius 1 is 0.576 bits per heavy atom. The Hall–Kier alpha value is -6.24. The highest BCUT2D eigenvalue weighted by Gasteiger charge is 2.58. The molecule has 0 radical (unpaired) electrons. The lowest BCUT2D eigenvalue weighted by molar-refractivity contribution is 0.195. The predicted octanol–water partition coefficient (Wildman–Crippen LogP) is 14.8. The molecule has 0 N–H and O–H groups in total. The number of para-hydroxylation sites is 2. The number of benzene rings is 7. The average Bonchev–Trinajstić information content (AvgIpc) is 4.02. The van der Waals surface area contributed by atoms with Crippen molar-refractivity contribution >= 4 is 116 Å². The maximum absolute atomic E-state index is 6.85. The number of thiophene rings is 1. The van der Waals surface area contributed by atoms with Crippen molar-refractivity contribution in [2.75, 3.05) is 9.80 Å². The minimum Gasteiger partial charge on any atom is -0.454 e. The molecule has 324 valence electrons. The highest BCUT2D eigenvalue weighted by molar-refractivity contribution is 7.26. The van der Waals surface area contributed by atoms with Gasteiger partial charge in [0, 0.05) is 60.1 Å². The molecule has 2 unspecified atom stereocenters. The quantitative estimate of drug-likeness (QED) is 0.162. The summed E-state index contributed by atoms with van der Waals surface area (Å²) in [4.78, 5) is 5.47. The maximum atomic E-state index is 6.85. The highest BCUT2D eigenvalue weighted by Crippen LogP contribution is 2.62. The van der Waals surface area contributed by atoms with Gasteiger partial charge in [0.15, 0.2) is 5.58 Å². The third kappa shape index (κ3) is 4.86. The van der Waals surface area contributed by atoms with Gasteiger partial charge in [-0.15, -0.1) is 11.3 Å². The minimum atomic E-state index is -0.121. The normalized spacial score (nSPS) is 19.9. The Labute approximate surface area is 391 Å². The molecule has 6 heterocycles. The summed E-state index contributed by atoms with van der Waals surface area (Å²) in [6.07, 6.45) is 4.86. The first-order chi connectivity index (χ1) is 31.7. The van der Waals surface area contributed by atoms with Crippen LogP contribution in [0.1, 0.15) is 97.8 Å². The Morgan fingerprint density at radius 3 is 2.14 bits per heavy atom. The number of aromatic nitrogens is 1. The fraction of sp³-hybridized carbons (Fsp3) is 0.267. The van der Waals surface area contributed by atoms with E-state index in [0.29, 0.717) is 0 Å². The topological polar surface area (TPSA) is 24.6 Å². The van der Waals surface area contributed by atoms with Crippen molar-refractivity contribution in [1.29, 1.82) is 0 Å². The molecule has 0 saturated heterocycles. The molecular weight excluding hydrogens is 822 g/mol. The molecule has 10 aromatic rings. The van der Waals surface area contributed by atoms with Crippen LogP contribution in [-0.2, 0) is 16.2 Å². The molecule has 0 spiro atoms. The second kappa shape index (κ2) is 12.8. The summed E-state index contributed by atoms with van der Waals surface area (Å²) in [5.41, 5.74) is 20.2. The molecule has 66 heavy (non-hydrogen) atoms. The number of rotatable bonds is 2. The van der Waals surface area contributed by atoms with E-state index in [1.165, 1.54) is 118 Å². The van der Waals surface area contributed by atoms with Crippen molar-refractivity contribution in [3.8, 4) is 5.69 Å². The van der Waals surface area contributed by atoms with Gasteiger partial charge in [-0.3, -0.25) is 0 Å². The van der Waals surface area contributed by atoms with Crippen molar-refractivity contribution in [3.63, 3.8) is 0 Å². The number of nitrogens with zero attached hydrogens (tertiary/aromatic N) is 3. The molecule has 4 aliphatic rings. The van der Waals surface area contributed by atoms with Gasteiger partial charge in [-0.1, -0.05) is 134 Å². The standard InChI is InChI=1S/C60H54BN3OS/c1-57(2,3)35-25-28-45-42(31-35)59(7)29-13-14-30-60(59,8)64(45)37-26-27-43-47(34-37)62(46-22-16-19-39-38-17-10-12-24-51(38)66-56(39)46)48-32-36(58(4,5)6)33-49-52(48)61(43)44-21-15-20-41-53(44)63(49)54-40-18-9-11-23-50(40)65-55(41)54/h9-12,15-28,31-34H,13-14,29-30H2,1-8H3. The highest BCUT2D eigenvalue weighted by atomic mass is 32.1. The summed E-state index contributed by atoms with van der Waals surface area (Å²) >= 11 is 1.92. The molecule has 14 rings (SSSR count). The van der Waals surface area contributed by atoms with Gasteiger partial charge in [-0.05, 0) is 124 Å². The van der Waals surface area contributed by atoms with E-state index in [9.17, 15) is 0 Å². The van der Waals surface area contributed by atoms with E-state index in [2.05, 4.69) is 203 Å². The summed E-state index contributed by atoms with van der Waals surface area (Å²) in [6.45, 7) is 19.3. The van der Waals surface area contributed by atoms with E-state index in [1.54, 1.807) is 0 Å². The van der Waals surface area contributed by atoms with Crippen LogP contribution in [0.25, 0.3) is 58.8 Å². The Kier molecular flexibility index (Phi) is 7.56. The van der Waals surface area contributed by atoms with Gasteiger partial charge >= 0.3 is 0 Å². The van der Waals surface area contributed by atoms with Gasteiger partial charge in [-0.25, -0.2) is 0 Å². The van der Waals surface area contributed by atoms with Crippen molar-refractivity contribution in [3.05, 3.63) is 150 Å². The lowest BCUT2D eigenvalue weighted by atomic mass is 9.33. The molecule has 0 amide bonds. The van der Waals surface area contributed by atoms with Crippen LogP contribution < -0.4 is 26.2 Å². The average molecular weight is 876 g/mol. The molecule has 1 saturated carbocycles. The van der Waals surface area contributed by atoms with Gasteiger partial charge in [0.1, 0.15) is 11.1 Å². The molecule has 2 atom stereocenters. The van der Waals surface area contributed by atoms with Crippen molar-refractivity contribution in [2.24, 2.45) is 0 Å². The van der Waals surface area contributed by atoms with Crippen LogP contribution in [0, 0.1) is 0 Å². The number of anilines is 5. The number of hydrogen-bond acceptors (Lipinski definition) is 4. The minimum absolute atomic E-state index is 0.0168. The van der Waals surface area contributed by atoms with Crippen LogP contribution in [0.5, 0.6) is 0 Å². The van der Waals surface area contributed by atoms with E-state index in [1.807, 2.05) is 11.3 Å². The molecule has 1 aliphatic carbocycles. The van der Waals surface area contributed by atoms with Gasteiger partial charge in [0.2, 0.25) is 0 Å². The lowest BCUT2D eigenvalue weighted by Gasteiger charge is -2.50. The van der Waals surface area contributed by atoms with E-state index >= 15 is 0 Å². The third-order valence-electron chi connectivity index (χ3n) is 16.8. The first-order valence-corrected chi connectivity index (χ1v) is 25.0. The largest absolute Gasteiger partial charge is 0.454 e. The smallest absolute Gasteiger partial charge is 0.252 e. The van der Waals surface area contributed by atoms with Crippen LogP contribution in [0.4, 0.5) is 28.4 Å². The zero-order valence-electron chi connectivity index (χ0n) is 39.3. The third-order valence-corrected chi connectivity index (χ3v) is 18.0. The Morgan fingerprint density at radius 2 is 1.30 bits per heavy atom. The lowest BCUT2D eigenvalue weighted by Crippen LogP contribution is -2.60. The molecular formula is C60H54BN3OS. The van der Waals surface area contributed by atoms with E-state index in [-0.39, 0.29) is 28.5 Å². The second-order valence-corrected chi connectivity index (χ2v) is 23.5.